The second-order valence-corrected chi connectivity index (χ2v) is 5.35. The van der Waals surface area contributed by atoms with Gasteiger partial charge in [0.25, 0.3) is 0 Å². The molecule has 17 heavy (non-hydrogen) atoms. The molecule has 0 radical (unpaired) electrons. The van der Waals surface area contributed by atoms with Gasteiger partial charge in [-0.05, 0) is 25.0 Å². The molecular formula is C12H18N2O2S. The van der Waals surface area contributed by atoms with Crippen LogP contribution in [0.4, 0.5) is 5.69 Å². The number of aryl methyl sites for hydroxylation is 1. The standard InChI is InChI=1S/C12H18N2O2S/c1-9-5-3-6-10(12(9)13)17(16)8-4-7-11(15)14-2/h3,5-6H,4,7-8,13H2,1-2H3,(H,14,15). The Morgan fingerprint density at radius 3 is 2.82 bits per heavy atom. The van der Waals surface area contributed by atoms with E-state index in [4.69, 9.17) is 5.73 Å². The molecule has 0 heterocycles. The topological polar surface area (TPSA) is 72.2 Å². The molecule has 0 saturated heterocycles. The van der Waals surface area contributed by atoms with Gasteiger partial charge in [0.1, 0.15) is 0 Å². The molecular weight excluding hydrogens is 236 g/mol. The first kappa shape index (κ1) is 13.7. The number of benzene rings is 1. The molecule has 0 aliphatic heterocycles. The summed E-state index contributed by atoms with van der Waals surface area (Å²) >= 11 is 0. The number of carbonyl (C=O) groups excluding carboxylic acids is 1. The van der Waals surface area contributed by atoms with Crippen LogP contribution in [0.3, 0.4) is 0 Å². The molecule has 1 atom stereocenters. The first-order chi connectivity index (χ1) is 8.06. The molecule has 1 unspecified atom stereocenters. The van der Waals surface area contributed by atoms with Crippen LogP contribution in [-0.4, -0.2) is 22.9 Å². The normalized spacial score (nSPS) is 12.1. The second-order valence-electron chi connectivity index (χ2n) is 3.81. The molecule has 1 aromatic rings. The van der Waals surface area contributed by atoms with E-state index in [1.165, 1.54) is 0 Å². The highest BCUT2D eigenvalue weighted by Gasteiger charge is 2.09. The van der Waals surface area contributed by atoms with E-state index in [0.717, 1.165) is 5.56 Å². The molecule has 0 aliphatic rings. The van der Waals surface area contributed by atoms with Crippen LogP contribution in [0.1, 0.15) is 18.4 Å². The lowest BCUT2D eigenvalue weighted by Crippen LogP contribution is -2.18. The minimum Gasteiger partial charge on any atom is -0.398 e. The number of para-hydroxylation sites is 1. The fraction of sp³-hybridized carbons (Fsp3) is 0.417. The predicted octanol–water partition coefficient (Wildman–Crippen LogP) is 1.21. The van der Waals surface area contributed by atoms with Crippen molar-refractivity contribution in [3.05, 3.63) is 23.8 Å². The molecule has 1 amide bonds. The van der Waals surface area contributed by atoms with Gasteiger partial charge in [0.15, 0.2) is 0 Å². The first-order valence-corrected chi connectivity index (χ1v) is 6.82. The minimum absolute atomic E-state index is 0.0285. The van der Waals surface area contributed by atoms with Crippen LogP contribution in [0.2, 0.25) is 0 Å². The molecule has 0 bridgehead atoms. The van der Waals surface area contributed by atoms with Crippen molar-refractivity contribution in [1.29, 1.82) is 0 Å². The van der Waals surface area contributed by atoms with Crippen LogP contribution < -0.4 is 11.1 Å². The van der Waals surface area contributed by atoms with E-state index in [0.29, 0.717) is 29.2 Å². The van der Waals surface area contributed by atoms with Crippen LogP contribution in [0.15, 0.2) is 23.1 Å². The van der Waals surface area contributed by atoms with Gasteiger partial charge in [-0.25, -0.2) is 0 Å². The number of anilines is 1. The average Bonchev–Trinajstić information content (AvgIpc) is 2.32. The van der Waals surface area contributed by atoms with Crippen molar-refractivity contribution in [3.8, 4) is 0 Å². The molecule has 4 nitrogen and oxygen atoms in total. The van der Waals surface area contributed by atoms with E-state index in [2.05, 4.69) is 5.32 Å². The number of nitrogens with one attached hydrogen (secondary N) is 1. The summed E-state index contributed by atoms with van der Waals surface area (Å²) < 4.78 is 12.0. The maximum Gasteiger partial charge on any atom is 0.219 e. The number of amides is 1. The van der Waals surface area contributed by atoms with Crippen LogP contribution in [-0.2, 0) is 15.6 Å². The predicted molar refractivity (Wildman–Crippen MR) is 70.2 cm³/mol. The van der Waals surface area contributed by atoms with Gasteiger partial charge in [-0.3, -0.25) is 9.00 Å². The highest BCUT2D eigenvalue weighted by molar-refractivity contribution is 7.85. The van der Waals surface area contributed by atoms with Crippen LogP contribution >= 0.6 is 0 Å². The lowest BCUT2D eigenvalue weighted by Gasteiger charge is -2.07. The lowest BCUT2D eigenvalue weighted by molar-refractivity contribution is -0.120. The van der Waals surface area contributed by atoms with Gasteiger partial charge in [0.05, 0.1) is 21.4 Å². The maximum absolute atomic E-state index is 12.0. The average molecular weight is 254 g/mol. The first-order valence-electron chi connectivity index (χ1n) is 5.50. The number of hydrogen-bond acceptors (Lipinski definition) is 3. The summed E-state index contributed by atoms with van der Waals surface area (Å²) in [4.78, 5) is 11.7. The van der Waals surface area contributed by atoms with Crippen molar-refractivity contribution in [2.24, 2.45) is 0 Å². The number of nitrogens with two attached hydrogens (primary N) is 1. The Morgan fingerprint density at radius 2 is 2.18 bits per heavy atom. The molecule has 94 valence electrons. The zero-order valence-electron chi connectivity index (χ0n) is 10.2. The van der Waals surface area contributed by atoms with Gasteiger partial charge >= 0.3 is 0 Å². The van der Waals surface area contributed by atoms with Crippen LogP contribution in [0.5, 0.6) is 0 Å². The summed E-state index contributed by atoms with van der Waals surface area (Å²) in [7, 11) is 0.466. The fourth-order valence-electron chi connectivity index (χ4n) is 1.45. The molecule has 5 heteroatoms. The van der Waals surface area contributed by atoms with E-state index in [1.807, 2.05) is 19.1 Å². The summed E-state index contributed by atoms with van der Waals surface area (Å²) in [6, 6.07) is 5.51. The van der Waals surface area contributed by atoms with E-state index in [-0.39, 0.29) is 5.91 Å². The third-order valence-electron chi connectivity index (χ3n) is 2.54. The lowest BCUT2D eigenvalue weighted by atomic mass is 10.2. The molecule has 0 spiro atoms. The number of nitrogen functional groups attached to an aromatic ring is 1. The van der Waals surface area contributed by atoms with Gasteiger partial charge in [-0.15, -0.1) is 0 Å². The second kappa shape index (κ2) is 6.39. The zero-order chi connectivity index (χ0) is 12.8. The van der Waals surface area contributed by atoms with Gasteiger partial charge in [-0.2, -0.15) is 0 Å². The zero-order valence-corrected chi connectivity index (χ0v) is 11.0. The third-order valence-corrected chi connectivity index (χ3v) is 4.05. The van der Waals surface area contributed by atoms with Crippen molar-refractivity contribution in [2.45, 2.75) is 24.7 Å². The van der Waals surface area contributed by atoms with Gasteiger partial charge in [0.2, 0.25) is 5.91 Å². The van der Waals surface area contributed by atoms with E-state index in [9.17, 15) is 9.00 Å². The van der Waals surface area contributed by atoms with Gasteiger partial charge < -0.3 is 11.1 Å². The highest BCUT2D eigenvalue weighted by atomic mass is 32.2. The monoisotopic (exact) mass is 254 g/mol. The van der Waals surface area contributed by atoms with Crippen molar-refractivity contribution < 1.29 is 9.00 Å². The molecule has 0 fully saturated rings. The Bertz CT molecular complexity index is 433. The van der Waals surface area contributed by atoms with E-state index in [1.54, 1.807) is 13.1 Å². The Balaban J connectivity index is 2.59. The summed E-state index contributed by atoms with van der Waals surface area (Å²) in [5, 5.41) is 2.54. The van der Waals surface area contributed by atoms with Crippen molar-refractivity contribution in [1.82, 2.24) is 5.32 Å². The summed E-state index contributed by atoms with van der Waals surface area (Å²) in [6.07, 6.45) is 0.994. The Labute approximate surface area is 104 Å². The van der Waals surface area contributed by atoms with E-state index < -0.39 is 10.8 Å². The SMILES string of the molecule is CNC(=O)CCCS(=O)c1cccc(C)c1N. The number of rotatable bonds is 5. The third kappa shape index (κ3) is 3.85. The number of hydrogen-bond donors (Lipinski definition) is 2. The molecule has 0 saturated carbocycles. The smallest absolute Gasteiger partial charge is 0.219 e. The van der Waals surface area contributed by atoms with Crippen molar-refractivity contribution >= 4 is 22.4 Å². The highest BCUT2D eigenvalue weighted by Crippen LogP contribution is 2.20. The maximum atomic E-state index is 12.0. The van der Waals surface area contributed by atoms with E-state index >= 15 is 0 Å². The largest absolute Gasteiger partial charge is 0.398 e. The molecule has 0 aromatic heterocycles. The minimum atomic E-state index is -1.13. The van der Waals surface area contributed by atoms with Gasteiger partial charge in [-0.1, -0.05) is 12.1 Å². The van der Waals surface area contributed by atoms with Gasteiger partial charge in [0, 0.05) is 19.2 Å². The van der Waals surface area contributed by atoms with Crippen molar-refractivity contribution in [2.75, 3.05) is 18.5 Å². The van der Waals surface area contributed by atoms with Crippen molar-refractivity contribution in [3.63, 3.8) is 0 Å². The quantitative estimate of drug-likeness (QED) is 0.776. The fourth-order valence-corrected chi connectivity index (χ4v) is 2.71. The summed E-state index contributed by atoms with van der Waals surface area (Å²) in [5.41, 5.74) is 7.39. The Kier molecular flexibility index (Phi) is 5.15. The Hall–Kier alpha value is -1.36. The summed E-state index contributed by atoms with van der Waals surface area (Å²) in [5.74, 6) is 0.431. The van der Waals surface area contributed by atoms with Crippen LogP contribution in [0, 0.1) is 6.92 Å². The molecule has 1 aromatic carbocycles. The summed E-state index contributed by atoms with van der Waals surface area (Å²) in [6.45, 7) is 1.89. The number of carbonyl (C=O) groups is 1. The molecule has 1 rings (SSSR count). The molecule has 0 aliphatic carbocycles. The van der Waals surface area contributed by atoms with Crippen LogP contribution in [0.25, 0.3) is 0 Å². The molecule has 3 N–H and O–H groups in total. The Morgan fingerprint density at radius 1 is 1.47 bits per heavy atom.